The molecule has 0 atom stereocenters. The van der Waals surface area contributed by atoms with Crippen molar-refractivity contribution in [2.45, 2.75) is 37.5 Å². The van der Waals surface area contributed by atoms with Gasteiger partial charge in [0.25, 0.3) is 10.0 Å². The zero-order chi connectivity index (χ0) is 22.3. The average molecular weight is 464 g/mol. The van der Waals surface area contributed by atoms with Crippen LogP contribution >= 0.6 is 11.6 Å². The zero-order valence-electron chi connectivity index (χ0n) is 17.9. The summed E-state index contributed by atoms with van der Waals surface area (Å²) in [5.74, 6) is -0.339. The van der Waals surface area contributed by atoms with Gasteiger partial charge in [-0.3, -0.25) is 9.10 Å². The molecule has 1 N–H and O–H groups in total. The van der Waals surface area contributed by atoms with E-state index in [1.54, 1.807) is 48.5 Å². The Kier molecular flexibility index (Phi) is 8.35. The number of piperidine rings is 1. The molecule has 0 radical (unpaired) electrons. The zero-order valence-corrected chi connectivity index (χ0v) is 19.5. The number of likely N-dealkylation sites (tertiary alicyclic amines) is 1. The van der Waals surface area contributed by atoms with E-state index < -0.39 is 10.0 Å². The van der Waals surface area contributed by atoms with Crippen molar-refractivity contribution in [1.29, 1.82) is 0 Å². The van der Waals surface area contributed by atoms with Crippen LogP contribution in [0.4, 0.5) is 5.69 Å². The number of hydrogen-bond donors (Lipinski definition) is 1. The Labute approximate surface area is 190 Å². The number of anilines is 1. The number of hydrogen-bond acceptors (Lipinski definition) is 4. The highest BCUT2D eigenvalue weighted by atomic mass is 35.5. The highest BCUT2D eigenvalue weighted by molar-refractivity contribution is 7.92. The minimum Gasteiger partial charge on any atom is -0.354 e. The van der Waals surface area contributed by atoms with Gasteiger partial charge in [-0.25, -0.2) is 8.42 Å². The maximum atomic E-state index is 13.3. The Morgan fingerprint density at radius 3 is 2.48 bits per heavy atom. The number of benzene rings is 2. The van der Waals surface area contributed by atoms with Gasteiger partial charge in [-0.15, -0.1) is 0 Å². The normalized spacial score (nSPS) is 14.9. The summed E-state index contributed by atoms with van der Waals surface area (Å²) in [5, 5.41) is 3.27. The van der Waals surface area contributed by atoms with E-state index in [9.17, 15) is 13.2 Å². The molecule has 8 heteroatoms. The Morgan fingerprint density at radius 2 is 1.81 bits per heavy atom. The van der Waals surface area contributed by atoms with Crippen LogP contribution in [0.2, 0.25) is 5.02 Å². The Hall–Kier alpha value is -2.09. The number of rotatable bonds is 9. The monoisotopic (exact) mass is 463 g/mol. The summed E-state index contributed by atoms with van der Waals surface area (Å²) in [6, 6.07) is 13.1. The summed E-state index contributed by atoms with van der Waals surface area (Å²) in [6.07, 6.45) is 4.60. The molecular weight excluding hydrogens is 434 g/mol. The third kappa shape index (κ3) is 6.69. The molecule has 3 rings (SSSR count). The van der Waals surface area contributed by atoms with Gasteiger partial charge in [-0.2, -0.15) is 0 Å². The minimum absolute atomic E-state index is 0.135. The van der Waals surface area contributed by atoms with Crippen molar-refractivity contribution in [3.8, 4) is 0 Å². The second-order valence-electron chi connectivity index (χ2n) is 7.91. The van der Waals surface area contributed by atoms with Gasteiger partial charge in [0.15, 0.2) is 0 Å². The van der Waals surface area contributed by atoms with Gasteiger partial charge >= 0.3 is 0 Å². The topological polar surface area (TPSA) is 69.7 Å². The molecule has 31 heavy (non-hydrogen) atoms. The largest absolute Gasteiger partial charge is 0.354 e. The first kappa shape index (κ1) is 23.6. The Morgan fingerprint density at radius 1 is 1.10 bits per heavy atom. The van der Waals surface area contributed by atoms with Crippen LogP contribution in [0.3, 0.4) is 0 Å². The van der Waals surface area contributed by atoms with Crippen LogP contribution in [0.15, 0.2) is 53.4 Å². The molecule has 168 valence electrons. The van der Waals surface area contributed by atoms with Crippen molar-refractivity contribution < 1.29 is 13.2 Å². The van der Waals surface area contributed by atoms with Gasteiger partial charge in [-0.1, -0.05) is 41.8 Å². The minimum atomic E-state index is -3.92. The molecule has 2 aromatic rings. The number of carbonyl (C=O) groups is 1. The first-order valence-corrected chi connectivity index (χ1v) is 12.5. The SMILES string of the molecule is Cc1ccc(S(=O)(=O)N(CC(=O)NCCCN2CCCCC2)c2cccc(Cl)c2)cc1. The third-order valence-electron chi connectivity index (χ3n) is 5.41. The molecule has 0 aliphatic carbocycles. The summed E-state index contributed by atoms with van der Waals surface area (Å²) in [6.45, 7) is 5.28. The molecule has 0 saturated carbocycles. The third-order valence-corrected chi connectivity index (χ3v) is 7.44. The van der Waals surface area contributed by atoms with Crippen molar-refractivity contribution in [3.63, 3.8) is 0 Å². The van der Waals surface area contributed by atoms with E-state index >= 15 is 0 Å². The molecule has 0 aromatic heterocycles. The molecular formula is C23H30ClN3O3S. The first-order chi connectivity index (χ1) is 14.9. The number of halogens is 1. The van der Waals surface area contributed by atoms with Crippen molar-refractivity contribution in [2.75, 3.05) is 37.0 Å². The van der Waals surface area contributed by atoms with E-state index in [0.717, 1.165) is 35.9 Å². The van der Waals surface area contributed by atoms with Crippen LogP contribution < -0.4 is 9.62 Å². The molecule has 1 heterocycles. The van der Waals surface area contributed by atoms with Gasteiger partial charge in [0.1, 0.15) is 6.54 Å². The number of nitrogens with one attached hydrogen (secondary N) is 1. The molecule has 0 bridgehead atoms. The van der Waals surface area contributed by atoms with Crippen LogP contribution in [0.5, 0.6) is 0 Å². The molecule has 2 aromatic carbocycles. The Balaban J connectivity index is 1.68. The summed E-state index contributed by atoms with van der Waals surface area (Å²) >= 11 is 6.09. The van der Waals surface area contributed by atoms with E-state index in [0.29, 0.717) is 17.3 Å². The first-order valence-electron chi connectivity index (χ1n) is 10.7. The predicted octanol–water partition coefficient (Wildman–Crippen LogP) is 3.84. The lowest BCUT2D eigenvalue weighted by Crippen LogP contribution is -2.41. The highest BCUT2D eigenvalue weighted by Crippen LogP contribution is 2.26. The molecule has 1 aliphatic rings. The van der Waals surface area contributed by atoms with Gasteiger partial charge in [0.2, 0.25) is 5.91 Å². The molecule has 1 saturated heterocycles. The predicted molar refractivity (Wildman–Crippen MR) is 125 cm³/mol. The summed E-state index contributed by atoms with van der Waals surface area (Å²) in [7, 11) is -3.92. The maximum Gasteiger partial charge on any atom is 0.264 e. The van der Waals surface area contributed by atoms with Crippen molar-refractivity contribution in [1.82, 2.24) is 10.2 Å². The van der Waals surface area contributed by atoms with Crippen LogP contribution in [0.25, 0.3) is 0 Å². The fourth-order valence-corrected chi connectivity index (χ4v) is 5.28. The van der Waals surface area contributed by atoms with Crippen molar-refractivity contribution in [3.05, 3.63) is 59.1 Å². The summed E-state index contributed by atoms with van der Waals surface area (Å²) in [4.78, 5) is 15.2. The summed E-state index contributed by atoms with van der Waals surface area (Å²) in [5.41, 5.74) is 1.32. The van der Waals surface area contributed by atoms with E-state index in [-0.39, 0.29) is 17.3 Å². The molecule has 1 fully saturated rings. The standard InChI is InChI=1S/C23H30ClN3O3S/c1-19-9-11-22(12-10-19)31(29,30)27(21-8-5-7-20(24)17-21)18-23(28)25-13-6-16-26-14-3-2-4-15-26/h5,7-12,17H,2-4,6,13-16,18H2,1H3,(H,25,28). The fourth-order valence-electron chi connectivity index (χ4n) is 3.68. The lowest BCUT2D eigenvalue weighted by molar-refractivity contribution is -0.119. The van der Waals surface area contributed by atoms with Gasteiger partial charge < -0.3 is 10.2 Å². The maximum absolute atomic E-state index is 13.3. The van der Waals surface area contributed by atoms with Crippen molar-refractivity contribution in [2.24, 2.45) is 0 Å². The number of carbonyl (C=O) groups excluding carboxylic acids is 1. The number of nitrogens with zero attached hydrogens (tertiary/aromatic N) is 2. The molecule has 0 unspecified atom stereocenters. The lowest BCUT2D eigenvalue weighted by Gasteiger charge is -2.26. The number of amides is 1. The van der Waals surface area contributed by atoms with Crippen LogP contribution in [0.1, 0.15) is 31.2 Å². The highest BCUT2D eigenvalue weighted by Gasteiger charge is 2.27. The average Bonchev–Trinajstić information content (AvgIpc) is 2.76. The van der Waals surface area contributed by atoms with E-state index in [4.69, 9.17) is 11.6 Å². The smallest absolute Gasteiger partial charge is 0.264 e. The van der Waals surface area contributed by atoms with E-state index in [1.807, 2.05) is 6.92 Å². The lowest BCUT2D eigenvalue weighted by atomic mass is 10.1. The second kappa shape index (κ2) is 11.0. The van der Waals surface area contributed by atoms with Crippen LogP contribution in [-0.4, -0.2) is 51.9 Å². The molecule has 1 amide bonds. The number of aryl methyl sites for hydroxylation is 1. The molecule has 0 spiro atoms. The van der Waals surface area contributed by atoms with E-state index in [1.165, 1.54) is 19.3 Å². The van der Waals surface area contributed by atoms with Crippen LogP contribution in [0, 0.1) is 6.92 Å². The molecule has 1 aliphatic heterocycles. The van der Waals surface area contributed by atoms with Crippen LogP contribution in [-0.2, 0) is 14.8 Å². The fraction of sp³-hybridized carbons (Fsp3) is 0.435. The Bertz CT molecular complexity index is 974. The van der Waals surface area contributed by atoms with Gasteiger partial charge in [0, 0.05) is 11.6 Å². The quantitative estimate of drug-likeness (QED) is 0.573. The van der Waals surface area contributed by atoms with Gasteiger partial charge in [-0.05, 0) is 76.2 Å². The second-order valence-corrected chi connectivity index (χ2v) is 10.2. The van der Waals surface area contributed by atoms with Crippen molar-refractivity contribution >= 4 is 33.2 Å². The number of sulfonamides is 1. The summed E-state index contributed by atoms with van der Waals surface area (Å²) < 4.78 is 27.8. The van der Waals surface area contributed by atoms with E-state index in [2.05, 4.69) is 10.2 Å². The van der Waals surface area contributed by atoms with Gasteiger partial charge in [0.05, 0.1) is 10.6 Å². The molecule has 6 nitrogen and oxygen atoms in total.